The quantitative estimate of drug-likeness (QED) is 0.898. The summed E-state index contributed by atoms with van der Waals surface area (Å²) >= 11 is 7.43. The predicted molar refractivity (Wildman–Crippen MR) is 87.0 cm³/mol. The summed E-state index contributed by atoms with van der Waals surface area (Å²) < 4.78 is 5.10. The van der Waals surface area contributed by atoms with E-state index < -0.39 is 0 Å². The molecule has 0 atom stereocenters. The van der Waals surface area contributed by atoms with E-state index in [1.807, 2.05) is 32.9 Å². The first kappa shape index (κ1) is 15.9. The highest BCUT2D eigenvalue weighted by Crippen LogP contribution is 2.21. The van der Waals surface area contributed by atoms with Crippen LogP contribution in [0.2, 0.25) is 5.02 Å². The monoisotopic (exact) mass is 324 g/mol. The molecule has 0 fully saturated rings. The molecule has 0 aliphatic heterocycles. The van der Waals surface area contributed by atoms with Crippen molar-refractivity contribution in [3.63, 3.8) is 0 Å². The highest BCUT2D eigenvalue weighted by molar-refractivity contribution is 7.99. The van der Waals surface area contributed by atoms with Crippen LogP contribution < -0.4 is 5.32 Å². The first-order chi connectivity index (χ1) is 9.97. The number of amides is 1. The Morgan fingerprint density at radius 3 is 2.76 bits per heavy atom. The lowest BCUT2D eigenvalue weighted by atomic mass is 10.2. The van der Waals surface area contributed by atoms with Gasteiger partial charge in [0.1, 0.15) is 5.76 Å². The van der Waals surface area contributed by atoms with Gasteiger partial charge in [0.05, 0.1) is 11.4 Å². The number of nitrogens with zero attached hydrogens (tertiary/aromatic N) is 1. The van der Waals surface area contributed by atoms with Gasteiger partial charge in [0.15, 0.2) is 0 Å². The molecule has 0 radical (unpaired) electrons. The molecule has 0 saturated heterocycles. The molecule has 2 rings (SSSR count). The van der Waals surface area contributed by atoms with Gasteiger partial charge in [-0.3, -0.25) is 4.79 Å². The number of aryl methyl sites for hydroxylation is 3. The van der Waals surface area contributed by atoms with Crippen molar-refractivity contribution in [1.29, 1.82) is 0 Å². The lowest BCUT2D eigenvalue weighted by Crippen LogP contribution is -2.15. The maximum Gasteiger partial charge on any atom is 0.234 e. The number of rotatable bonds is 5. The van der Waals surface area contributed by atoms with Gasteiger partial charge in [0, 0.05) is 22.0 Å². The fourth-order valence-corrected chi connectivity index (χ4v) is 3.11. The van der Waals surface area contributed by atoms with E-state index in [9.17, 15) is 4.79 Å². The summed E-state index contributed by atoms with van der Waals surface area (Å²) in [5, 5.41) is 7.45. The molecule has 0 spiro atoms. The molecule has 112 valence electrons. The first-order valence-corrected chi connectivity index (χ1v) is 8.06. The lowest BCUT2D eigenvalue weighted by Gasteiger charge is -2.08. The van der Waals surface area contributed by atoms with Crippen LogP contribution in [0.15, 0.2) is 22.7 Å². The zero-order valence-corrected chi connectivity index (χ0v) is 13.8. The molecular weight excluding hydrogens is 308 g/mol. The number of benzene rings is 1. The van der Waals surface area contributed by atoms with Crippen LogP contribution in [0, 0.1) is 20.8 Å². The third-order valence-electron chi connectivity index (χ3n) is 3.12. The van der Waals surface area contributed by atoms with E-state index in [0.29, 0.717) is 16.5 Å². The molecular formula is C15H17ClN2O2S. The Labute approximate surface area is 133 Å². The highest BCUT2D eigenvalue weighted by Gasteiger charge is 2.10. The molecule has 1 aromatic carbocycles. The lowest BCUT2D eigenvalue weighted by molar-refractivity contribution is -0.113. The molecule has 1 N–H and O–H groups in total. The molecule has 0 aliphatic carbocycles. The van der Waals surface area contributed by atoms with Crippen LogP contribution in [-0.4, -0.2) is 16.8 Å². The zero-order chi connectivity index (χ0) is 15.4. The molecule has 21 heavy (non-hydrogen) atoms. The first-order valence-electron chi connectivity index (χ1n) is 6.53. The number of anilines is 1. The van der Waals surface area contributed by atoms with Crippen molar-refractivity contribution in [2.45, 2.75) is 26.5 Å². The van der Waals surface area contributed by atoms with Gasteiger partial charge in [-0.05, 0) is 44.5 Å². The van der Waals surface area contributed by atoms with Crippen molar-refractivity contribution in [2.75, 3.05) is 11.1 Å². The summed E-state index contributed by atoms with van der Waals surface area (Å²) in [5.41, 5.74) is 3.69. The second-order valence-corrected chi connectivity index (χ2v) is 6.22. The zero-order valence-electron chi connectivity index (χ0n) is 12.2. The Balaban J connectivity index is 1.85. The number of carbonyl (C=O) groups excluding carboxylic acids is 1. The molecule has 0 unspecified atom stereocenters. The van der Waals surface area contributed by atoms with E-state index in [0.717, 1.165) is 28.3 Å². The summed E-state index contributed by atoms with van der Waals surface area (Å²) in [5.74, 6) is 1.88. The van der Waals surface area contributed by atoms with Gasteiger partial charge in [-0.2, -0.15) is 0 Å². The third-order valence-corrected chi connectivity index (χ3v) is 4.32. The van der Waals surface area contributed by atoms with Gasteiger partial charge < -0.3 is 9.84 Å². The van der Waals surface area contributed by atoms with E-state index in [-0.39, 0.29) is 5.91 Å². The van der Waals surface area contributed by atoms with Crippen LogP contribution in [-0.2, 0) is 10.5 Å². The molecule has 4 nitrogen and oxygen atoms in total. The Hall–Kier alpha value is -1.46. The SMILES string of the molecule is Cc1cc(Cl)ccc1NC(=O)CSCc1c(C)noc1C. The van der Waals surface area contributed by atoms with Crippen LogP contribution in [0.4, 0.5) is 5.69 Å². The molecule has 1 aromatic heterocycles. The number of carbonyl (C=O) groups is 1. The van der Waals surface area contributed by atoms with Crippen molar-refractivity contribution < 1.29 is 9.32 Å². The van der Waals surface area contributed by atoms with E-state index in [4.69, 9.17) is 16.1 Å². The molecule has 0 aliphatic rings. The van der Waals surface area contributed by atoms with Crippen molar-refractivity contribution in [3.8, 4) is 0 Å². The van der Waals surface area contributed by atoms with Crippen molar-refractivity contribution in [1.82, 2.24) is 5.16 Å². The van der Waals surface area contributed by atoms with Crippen molar-refractivity contribution in [3.05, 3.63) is 45.8 Å². The minimum Gasteiger partial charge on any atom is -0.361 e. The van der Waals surface area contributed by atoms with Crippen molar-refractivity contribution >= 4 is 35.0 Å². The maximum atomic E-state index is 11.9. The van der Waals surface area contributed by atoms with Crippen LogP contribution in [0.25, 0.3) is 0 Å². The number of thioether (sulfide) groups is 1. The number of halogens is 1. The number of nitrogens with one attached hydrogen (secondary N) is 1. The topological polar surface area (TPSA) is 55.1 Å². The fourth-order valence-electron chi connectivity index (χ4n) is 1.91. The van der Waals surface area contributed by atoms with Crippen LogP contribution in [0.3, 0.4) is 0 Å². The van der Waals surface area contributed by atoms with E-state index >= 15 is 0 Å². The number of hydrogen-bond donors (Lipinski definition) is 1. The van der Waals surface area contributed by atoms with Gasteiger partial charge >= 0.3 is 0 Å². The van der Waals surface area contributed by atoms with Gasteiger partial charge in [-0.25, -0.2) is 0 Å². The summed E-state index contributed by atoms with van der Waals surface area (Å²) in [6.07, 6.45) is 0. The standard InChI is InChI=1S/C15H17ClN2O2S/c1-9-6-12(16)4-5-14(9)17-15(19)8-21-7-13-10(2)18-20-11(13)3/h4-6H,7-8H2,1-3H3,(H,17,19). The van der Waals surface area contributed by atoms with Gasteiger partial charge in [0.2, 0.25) is 5.91 Å². The van der Waals surface area contributed by atoms with Gasteiger partial charge in [-0.15, -0.1) is 11.8 Å². The minimum absolute atomic E-state index is 0.0304. The minimum atomic E-state index is -0.0304. The smallest absolute Gasteiger partial charge is 0.234 e. The second kappa shape index (κ2) is 7.00. The normalized spacial score (nSPS) is 10.7. The molecule has 6 heteroatoms. The Bertz CT molecular complexity index is 636. The largest absolute Gasteiger partial charge is 0.361 e. The number of aromatic nitrogens is 1. The van der Waals surface area contributed by atoms with E-state index in [1.54, 1.807) is 6.07 Å². The van der Waals surface area contributed by atoms with Gasteiger partial charge in [-0.1, -0.05) is 16.8 Å². The Kier molecular flexibility index (Phi) is 5.31. The van der Waals surface area contributed by atoms with Crippen molar-refractivity contribution in [2.24, 2.45) is 0 Å². The summed E-state index contributed by atoms with van der Waals surface area (Å²) in [6, 6.07) is 5.41. The molecule has 1 amide bonds. The maximum absolute atomic E-state index is 11.9. The van der Waals surface area contributed by atoms with Crippen LogP contribution >= 0.6 is 23.4 Å². The molecule has 0 bridgehead atoms. The number of hydrogen-bond acceptors (Lipinski definition) is 4. The molecule has 0 saturated carbocycles. The summed E-state index contributed by atoms with van der Waals surface area (Å²) in [7, 11) is 0. The molecule has 2 aromatic rings. The van der Waals surface area contributed by atoms with Crippen LogP contribution in [0.1, 0.15) is 22.6 Å². The highest BCUT2D eigenvalue weighted by atomic mass is 35.5. The average molecular weight is 325 g/mol. The fraction of sp³-hybridized carbons (Fsp3) is 0.333. The predicted octanol–water partition coefficient (Wildman–Crippen LogP) is 4.13. The summed E-state index contributed by atoms with van der Waals surface area (Å²) in [6.45, 7) is 5.70. The average Bonchev–Trinajstić information content (AvgIpc) is 2.74. The van der Waals surface area contributed by atoms with E-state index in [2.05, 4.69) is 10.5 Å². The second-order valence-electron chi connectivity index (χ2n) is 4.80. The van der Waals surface area contributed by atoms with E-state index in [1.165, 1.54) is 11.8 Å². The molecule has 1 heterocycles. The Morgan fingerprint density at radius 1 is 1.38 bits per heavy atom. The third kappa shape index (κ3) is 4.25. The Morgan fingerprint density at radius 2 is 2.14 bits per heavy atom. The summed E-state index contributed by atoms with van der Waals surface area (Å²) in [4.78, 5) is 11.9. The van der Waals surface area contributed by atoms with Crippen LogP contribution in [0.5, 0.6) is 0 Å². The van der Waals surface area contributed by atoms with Gasteiger partial charge in [0.25, 0.3) is 0 Å².